The predicted octanol–water partition coefficient (Wildman–Crippen LogP) is 4.98. The Morgan fingerprint density at radius 1 is 0.660 bits per heavy atom. The molecule has 0 fully saturated rings. The molecule has 0 aromatic carbocycles. The highest BCUT2D eigenvalue weighted by Crippen LogP contribution is 2.18. The van der Waals surface area contributed by atoms with Gasteiger partial charge in [0.25, 0.3) is 0 Å². The molecule has 0 aliphatic carbocycles. The van der Waals surface area contributed by atoms with Gasteiger partial charge in [-0.05, 0) is 82.3 Å². The molecule has 6 N–H and O–H groups in total. The number of rotatable bonds is 21. The Kier molecular flexibility index (Phi) is 25.2. The lowest BCUT2D eigenvalue weighted by Gasteiger charge is -2.30. The third-order valence-corrected chi connectivity index (χ3v) is 7.84. The first-order valence-corrected chi connectivity index (χ1v) is 19.2. The number of carbonyl (C=O) groups excluding carboxylic acids is 5. The fourth-order valence-electron chi connectivity index (χ4n) is 4.86. The maximum Gasteiger partial charge on any atom is 0.408 e. The summed E-state index contributed by atoms with van der Waals surface area (Å²) in [6.07, 6.45) is -0.0697. The van der Waals surface area contributed by atoms with Gasteiger partial charge in [0.05, 0.1) is 12.1 Å². The first kappa shape index (κ1) is 49.6. The fraction of sp³-hybridized carbons (Fsp3) is 0.865. The second kappa shape index (κ2) is 25.4. The first-order chi connectivity index (χ1) is 23.1. The molecule has 12 nitrogen and oxygen atoms in total. The van der Waals surface area contributed by atoms with E-state index in [-0.39, 0.29) is 48.3 Å². The second-order valence-electron chi connectivity index (χ2n) is 15.6. The second-order valence-corrected chi connectivity index (χ2v) is 16.0. The highest BCUT2D eigenvalue weighted by atomic mass is 32.1. The largest absolute Gasteiger partial charge is 0.444 e. The van der Waals surface area contributed by atoms with Crippen LogP contribution in [0.3, 0.4) is 0 Å². The van der Waals surface area contributed by atoms with Crippen molar-refractivity contribution in [3.05, 3.63) is 0 Å². The lowest BCUT2D eigenvalue weighted by Crippen LogP contribution is -2.57. The molecule has 0 saturated carbocycles. The Labute approximate surface area is 309 Å². The molecule has 6 atom stereocenters. The van der Waals surface area contributed by atoms with Crippen molar-refractivity contribution in [1.29, 1.82) is 0 Å². The number of hydrogen-bond acceptors (Lipinski definition) is 8. The summed E-state index contributed by atoms with van der Waals surface area (Å²) < 4.78 is 5.34. The zero-order valence-corrected chi connectivity index (χ0v) is 34.5. The van der Waals surface area contributed by atoms with Crippen molar-refractivity contribution < 1.29 is 33.8 Å². The van der Waals surface area contributed by atoms with Gasteiger partial charge in [0, 0.05) is 12.5 Å². The number of aliphatic hydroxyl groups is 1. The molecule has 5 amide bonds. The normalized spacial score (nSPS) is 15.2. The molecule has 0 unspecified atom stereocenters. The van der Waals surface area contributed by atoms with Crippen molar-refractivity contribution in [2.24, 2.45) is 29.6 Å². The van der Waals surface area contributed by atoms with Gasteiger partial charge < -0.3 is 36.4 Å². The molecular formula is C37H73N5O7S. The van der Waals surface area contributed by atoms with Crippen LogP contribution in [-0.4, -0.2) is 83.0 Å². The Hall–Kier alpha value is -2.54. The highest BCUT2D eigenvalue weighted by molar-refractivity contribution is 7.80. The minimum atomic E-state index is -1.07. The molecule has 0 aromatic rings. The van der Waals surface area contributed by atoms with Gasteiger partial charge in [-0.25, -0.2) is 4.79 Å². The summed E-state index contributed by atoms with van der Waals surface area (Å²) in [5, 5.41) is 25.3. The van der Waals surface area contributed by atoms with E-state index >= 15 is 0 Å². The van der Waals surface area contributed by atoms with Gasteiger partial charge in [-0.3, -0.25) is 19.2 Å². The van der Waals surface area contributed by atoms with E-state index in [2.05, 4.69) is 39.2 Å². The Balaban J connectivity index is 0. The number of carbonyl (C=O) groups is 5. The van der Waals surface area contributed by atoms with Crippen molar-refractivity contribution in [1.82, 2.24) is 26.6 Å². The molecule has 0 bridgehead atoms. The predicted molar refractivity (Wildman–Crippen MR) is 205 cm³/mol. The average molecular weight is 732 g/mol. The number of amides is 5. The number of aliphatic hydroxyl groups excluding tert-OH is 1. The molecule has 13 heteroatoms. The van der Waals surface area contributed by atoms with Crippen LogP contribution in [0.2, 0.25) is 0 Å². The molecule has 0 aliphatic heterocycles. The summed E-state index contributed by atoms with van der Waals surface area (Å²) in [6, 6.07) is -3.33. The molecule has 0 radical (unpaired) electrons. The minimum absolute atomic E-state index is 0.0488. The fourth-order valence-corrected chi connectivity index (χ4v) is 5.12. The van der Waals surface area contributed by atoms with E-state index in [9.17, 15) is 29.1 Å². The van der Waals surface area contributed by atoms with Gasteiger partial charge in [-0.15, -0.1) is 0 Å². The van der Waals surface area contributed by atoms with Crippen LogP contribution in [-0.2, 0) is 23.9 Å². The van der Waals surface area contributed by atoms with Gasteiger partial charge in [-0.1, -0.05) is 76.2 Å². The quantitative estimate of drug-likeness (QED) is 0.0816. The Bertz CT molecular complexity index is 1020. The Morgan fingerprint density at radius 3 is 1.68 bits per heavy atom. The summed E-state index contributed by atoms with van der Waals surface area (Å²) in [7, 11) is 0. The lowest BCUT2D eigenvalue weighted by atomic mass is 9.92. The van der Waals surface area contributed by atoms with Gasteiger partial charge >= 0.3 is 6.09 Å². The number of thiol groups is 1. The van der Waals surface area contributed by atoms with Crippen molar-refractivity contribution in [2.75, 3.05) is 12.3 Å². The topological polar surface area (TPSA) is 175 Å². The smallest absolute Gasteiger partial charge is 0.408 e. The molecule has 0 aliphatic rings. The summed E-state index contributed by atoms with van der Waals surface area (Å²) in [4.78, 5) is 65.4. The maximum absolute atomic E-state index is 13.6. The molecule has 0 heterocycles. The Morgan fingerprint density at radius 2 is 1.22 bits per heavy atom. The maximum atomic E-state index is 13.6. The molecule has 0 saturated heterocycles. The van der Waals surface area contributed by atoms with E-state index in [4.69, 9.17) is 4.74 Å². The minimum Gasteiger partial charge on any atom is -0.444 e. The summed E-state index contributed by atoms with van der Waals surface area (Å²) in [6.45, 7) is 27.0. The molecular weight excluding hydrogens is 659 g/mol. The summed E-state index contributed by atoms with van der Waals surface area (Å²) in [5.41, 5.74) is -0.750. The number of nitrogens with one attached hydrogen (secondary N) is 5. The van der Waals surface area contributed by atoms with Crippen LogP contribution in [0.25, 0.3) is 0 Å². The molecule has 0 aromatic heterocycles. The molecule has 0 rings (SSSR count). The van der Waals surface area contributed by atoms with Crippen LogP contribution in [0, 0.1) is 29.6 Å². The molecule has 50 heavy (non-hydrogen) atoms. The highest BCUT2D eigenvalue weighted by Gasteiger charge is 2.33. The van der Waals surface area contributed by atoms with Crippen molar-refractivity contribution in [3.8, 4) is 0 Å². The third kappa shape index (κ3) is 22.3. The SMILES string of the molecule is CC.CC(C)CC[C@H](NC(=O)[C@H](CCS)NC(=O)[C@H](CC(C)C)NC(=O)OC(C)(C)C)[C@@H](O)C[C@@H](C)C(=O)N[C@H](C(=O)NCC(C)C)C(C)C. The standard InChI is InChI=1S/C35H67N5O7S.C2H6/c1-20(2)13-14-25(28(41)18-24(9)30(42)40-29(23(7)8)33(45)36-19-22(5)6)37-31(43)26(15-16-48)38-32(44)27(17-21(3)4)39-34(46)47-35(10,11)12;1-2/h20-29,41,48H,13-19H2,1-12H3,(H,36,45)(H,37,43)(H,38,44)(H,39,46)(H,40,42);1-2H3/t24-,25+,26+,27+,28+,29+;/m1./s1. The summed E-state index contributed by atoms with van der Waals surface area (Å²) >= 11 is 4.29. The van der Waals surface area contributed by atoms with Crippen molar-refractivity contribution in [2.45, 2.75) is 165 Å². The lowest BCUT2D eigenvalue weighted by molar-refractivity contribution is -0.133. The van der Waals surface area contributed by atoms with Crippen molar-refractivity contribution in [3.63, 3.8) is 0 Å². The number of ether oxygens (including phenoxy) is 1. The van der Waals surface area contributed by atoms with Gasteiger partial charge in [-0.2, -0.15) is 12.6 Å². The van der Waals surface area contributed by atoms with Crippen LogP contribution in [0.15, 0.2) is 0 Å². The molecule has 294 valence electrons. The van der Waals surface area contributed by atoms with E-state index in [0.717, 1.165) is 0 Å². The van der Waals surface area contributed by atoms with Gasteiger partial charge in [0.1, 0.15) is 23.7 Å². The monoisotopic (exact) mass is 732 g/mol. The molecule has 0 spiro atoms. The van der Waals surface area contributed by atoms with Gasteiger partial charge in [0.15, 0.2) is 0 Å². The van der Waals surface area contributed by atoms with Crippen LogP contribution in [0.4, 0.5) is 4.79 Å². The van der Waals surface area contributed by atoms with Crippen LogP contribution in [0.5, 0.6) is 0 Å². The van der Waals surface area contributed by atoms with Crippen molar-refractivity contribution >= 4 is 42.4 Å². The number of alkyl carbamates (subject to hydrolysis) is 1. The third-order valence-electron chi connectivity index (χ3n) is 7.59. The van der Waals surface area contributed by atoms with E-state index in [1.54, 1.807) is 27.7 Å². The zero-order chi connectivity index (χ0) is 39.4. The van der Waals surface area contributed by atoms with E-state index in [0.29, 0.717) is 31.6 Å². The van der Waals surface area contributed by atoms with E-state index in [1.807, 2.05) is 69.2 Å². The summed E-state index contributed by atoms with van der Waals surface area (Å²) in [5.74, 6) is -1.53. The van der Waals surface area contributed by atoms with Crippen LogP contribution >= 0.6 is 12.6 Å². The average Bonchev–Trinajstić information content (AvgIpc) is 2.99. The van der Waals surface area contributed by atoms with Crippen LogP contribution in [0.1, 0.15) is 129 Å². The van der Waals surface area contributed by atoms with Gasteiger partial charge in [0.2, 0.25) is 23.6 Å². The first-order valence-electron chi connectivity index (χ1n) is 18.5. The number of hydrogen-bond donors (Lipinski definition) is 7. The van der Waals surface area contributed by atoms with E-state index in [1.165, 1.54) is 0 Å². The zero-order valence-electron chi connectivity index (χ0n) is 33.6. The van der Waals surface area contributed by atoms with Crippen LogP contribution < -0.4 is 26.6 Å². The van der Waals surface area contributed by atoms with E-state index < -0.39 is 59.7 Å².